The van der Waals surface area contributed by atoms with Crippen molar-refractivity contribution in [3.05, 3.63) is 35.9 Å². The molecule has 1 fully saturated rings. The molecule has 3 nitrogen and oxygen atoms in total. The highest BCUT2D eigenvalue weighted by Gasteiger charge is 2.16. The summed E-state index contributed by atoms with van der Waals surface area (Å²) in [6.07, 6.45) is 7.22. The molecule has 1 saturated carbocycles. The standard InChI is InChI=1S/C15H20O3/c16-15(12-13-8-4-3-5-9-13)18-17-14-10-6-1-2-7-11-14/h3-5,8-9,14H,1-2,6-7,10-12H2. The second kappa shape index (κ2) is 7.17. The molecule has 0 saturated heterocycles. The summed E-state index contributed by atoms with van der Waals surface area (Å²) in [4.78, 5) is 21.7. The van der Waals surface area contributed by atoms with E-state index in [1.54, 1.807) is 0 Å². The molecule has 3 heteroatoms. The SMILES string of the molecule is O=C(Cc1ccccc1)OOC1CCCCCC1. The fourth-order valence-electron chi connectivity index (χ4n) is 2.25. The molecule has 0 amide bonds. The fraction of sp³-hybridized carbons (Fsp3) is 0.533. The van der Waals surface area contributed by atoms with E-state index in [-0.39, 0.29) is 18.5 Å². The third kappa shape index (κ3) is 4.49. The van der Waals surface area contributed by atoms with Crippen molar-refractivity contribution in [1.82, 2.24) is 0 Å². The normalized spacial score (nSPS) is 17.1. The Labute approximate surface area is 108 Å². The van der Waals surface area contributed by atoms with E-state index in [1.807, 2.05) is 30.3 Å². The highest BCUT2D eigenvalue weighted by atomic mass is 17.2. The van der Waals surface area contributed by atoms with E-state index in [4.69, 9.17) is 9.78 Å². The number of benzene rings is 1. The molecule has 0 N–H and O–H groups in total. The Morgan fingerprint density at radius 3 is 2.39 bits per heavy atom. The second-order valence-corrected chi connectivity index (χ2v) is 4.83. The first-order valence-electron chi connectivity index (χ1n) is 6.74. The van der Waals surface area contributed by atoms with Crippen LogP contribution in [0.15, 0.2) is 30.3 Å². The van der Waals surface area contributed by atoms with Gasteiger partial charge < -0.3 is 0 Å². The van der Waals surface area contributed by atoms with E-state index >= 15 is 0 Å². The summed E-state index contributed by atoms with van der Waals surface area (Å²) in [5.41, 5.74) is 0.951. The van der Waals surface area contributed by atoms with Gasteiger partial charge in [0.15, 0.2) is 0 Å². The molecule has 0 radical (unpaired) electrons. The van der Waals surface area contributed by atoms with Crippen LogP contribution in [0.3, 0.4) is 0 Å². The van der Waals surface area contributed by atoms with Crippen molar-refractivity contribution >= 4 is 5.97 Å². The molecule has 0 aromatic heterocycles. The van der Waals surface area contributed by atoms with E-state index in [0.717, 1.165) is 18.4 Å². The monoisotopic (exact) mass is 248 g/mol. The van der Waals surface area contributed by atoms with Crippen LogP contribution in [0.25, 0.3) is 0 Å². The van der Waals surface area contributed by atoms with Gasteiger partial charge in [0.2, 0.25) is 0 Å². The lowest BCUT2D eigenvalue weighted by molar-refractivity contribution is -0.299. The van der Waals surface area contributed by atoms with E-state index in [2.05, 4.69) is 0 Å². The molecule has 1 aromatic carbocycles. The molecular weight excluding hydrogens is 228 g/mol. The van der Waals surface area contributed by atoms with Crippen molar-refractivity contribution in [2.45, 2.75) is 51.0 Å². The number of hydrogen-bond donors (Lipinski definition) is 0. The minimum Gasteiger partial charge on any atom is -0.298 e. The molecule has 1 aliphatic rings. The van der Waals surface area contributed by atoms with Gasteiger partial charge in [-0.2, -0.15) is 4.89 Å². The van der Waals surface area contributed by atoms with Gasteiger partial charge in [-0.25, -0.2) is 4.79 Å². The lowest BCUT2D eigenvalue weighted by atomic mass is 10.2. The number of carbonyl (C=O) groups is 1. The van der Waals surface area contributed by atoms with Gasteiger partial charge in [-0.1, -0.05) is 56.0 Å². The molecular formula is C15H20O3. The number of carbonyl (C=O) groups excluding carboxylic acids is 1. The smallest absolute Gasteiger partial charge is 0.298 e. The minimum atomic E-state index is -0.314. The van der Waals surface area contributed by atoms with Crippen molar-refractivity contribution in [2.75, 3.05) is 0 Å². The van der Waals surface area contributed by atoms with E-state index in [9.17, 15) is 4.79 Å². The number of hydrogen-bond acceptors (Lipinski definition) is 3. The van der Waals surface area contributed by atoms with Crippen LogP contribution in [0, 0.1) is 0 Å². The van der Waals surface area contributed by atoms with Crippen molar-refractivity contribution in [2.24, 2.45) is 0 Å². The van der Waals surface area contributed by atoms with Crippen LogP contribution in [0.4, 0.5) is 0 Å². The zero-order valence-electron chi connectivity index (χ0n) is 10.6. The van der Waals surface area contributed by atoms with Crippen molar-refractivity contribution in [3.63, 3.8) is 0 Å². The van der Waals surface area contributed by atoms with E-state index in [0.29, 0.717) is 0 Å². The van der Waals surface area contributed by atoms with Gasteiger partial charge in [0.1, 0.15) is 6.10 Å². The van der Waals surface area contributed by atoms with Gasteiger partial charge in [-0.15, -0.1) is 0 Å². The first-order valence-corrected chi connectivity index (χ1v) is 6.74. The average Bonchev–Trinajstić information content (AvgIpc) is 2.66. The van der Waals surface area contributed by atoms with Crippen LogP contribution in [-0.4, -0.2) is 12.1 Å². The Hall–Kier alpha value is -1.35. The maximum atomic E-state index is 11.6. The molecule has 0 aliphatic heterocycles. The van der Waals surface area contributed by atoms with Gasteiger partial charge in [0.05, 0.1) is 6.42 Å². The summed E-state index contributed by atoms with van der Waals surface area (Å²) in [6, 6.07) is 9.57. The predicted octanol–water partition coefficient (Wildman–Crippen LogP) is 3.43. The maximum absolute atomic E-state index is 11.6. The van der Waals surface area contributed by atoms with Crippen molar-refractivity contribution < 1.29 is 14.6 Å². The molecule has 1 aromatic rings. The van der Waals surface area contributed by atoms with Crippen LogP contribution >= 0.6 is 0 Å². The van der Waals surface area contributed by atoms with Gasteiger partial charge in [0.25, 0.3) is 0 Å². The lowest BCUT2D eigenvalue weighted by Crippen LogP contribution is -2.17. The quantitative estimate of drug-likeness (QED) is 0.465. The molecule has 0 unspecified atom stereocenters. The van der Waals surface area contributed by atoms with Crippen molar-refractivity contribution in [1.29, 1.82) is 0 Å². The first-order chi connectivity index (χ1) is 8.84. The van der Waals surface area contributed by atoms with Crippen molar-refractivity contribution in [3.8, 4) is 0 Å². The average molecular weight is 248 g/mol. The Bertz CT molecular complexity index is 353. The Morgan fingerprint density at radius 1 is 1.06 bits per heavy atom. The summed E-state index contributed by atoms with van der Waals surface area (Å²) >= 11 is 0. The zero-order valence-corrected chi connectivity index (χ0v) is 10.6. The Balaban J connectivity index is 1.71. The summed E-state index contributed by atoms with van der Waals surface area (Å²) in [7, 11) is 0. The highest BCUT2D eigenvalue weighted by molar-refractivity contribution is 5.71. The molecule has 0 atom stereocenters. The molecule has 0 heterocycles. The summed E-state index contributed by atoms with van der Waals surface area (Å²) in [6.45, 7) is 0. The number of rotatable bonds is 4. The third-order valence-corrected chi connectivity index (χ3v) is 3.27. The fourth-order valence-corrected chi connectivity index (χ4v) is 2.25. The summed E-state index contributed by atoms with van der Waals surface area (Å²) in [5.74, 6) is -0.314. The molecule has 0 bridgehead atoms. The first kappa shape index (κ1) is 13.1. The Kier molecular flexibility index (Phi) is 5.21. The third-order valence-electron chi connectivity index (χ3n) is 3.27. The van der Waals surface area contributed by atoms with Gasteiger partial charge in [-0.05, 0) is 18.4 Å². The Morgan fingerprint density at radius 2 is 1.72 bits per heavy atom. The maximum Gasteiger partial charge on any atom is 0.346 e. The van der Waals surface area contributed by atoms with E-state index in [1.165, 1.54) is 25.7 Å². The molecule has 2 rings (SSSR count). The van der Waals surface area contributed by atoms with E-state index < -0.39 is 0 Å². The van der Waals surface area contributed by atoms with Gasteiger partial charge in [0, 0.05) is 0 Å². The topological polar surface area (TPSA) is 35.5 Å². The van der Waals surface area contributed by atoms with Crippen LogP contribution in [0.2, 0.25) is 0 Å². The van der Waals surface area contributed by atoms with Crippen LogP contribution in [-0.2, 0) is 21.0 Å². The summed E-state index contributed by atoms with van der Waals surface area (Å²) in [5, 5.41) is 0. The zero-order chi connectivity index (χ0) is 12.6. The summed E-state index contributed by atoms with van der Waals surface area (Å²) < 4.78 is 0. The largest absolute Gasteiger partial charge is 0.346 e. The lowest BCUT2D eigenvalue weighted by Gasteiger charge is -2.12. The molecule has 0 spiro atoms. The molecule has 1 aliphatic carbocycles. The second-order valence-electron chi connectivity index (χ2n) is 4.83. The van der Waals surface area contributed by atoms with Gasteiger partial charge in [-0.3, -0.25) is 4.89 Å². The van der Waals surface area contributed by atoms with Gasteiger partial charge >= 0.3 is 5.97 Å². The highest BCUT2D eigenvalue weighted by Crippen LogP contribution is 2.20. The van der Waals surface area contributed by atoms with Crippen LogP contribution in [0.1, 0.15) is 44.1 Å². The molecule has 18 heavy (non-hydrogen) atoms. The van der Waals surface area contributed by atoms with Crippen LogP contribution < -0.4 is 0 Å². The minimum absolute atomic E-state index is 0.0900. The predicted molar refractivity (Wildman–Crippen MR) is 68.8 cm³/mol. The molecule has 98 valence electrons. The van der Waals surface area contributed by atoms with Crippen LogP contribution in [0.5, 0.6) is 0 Å².